The second-order valence-corrected chi connectivity index (χ2v) is 6.14. The standard InChI is InChI=1S/C16H29N/c1-3-13(2)17-16-12-8-7-11-15(16)14-9-5-4-6-10-14/h3,13-17H,1,4-12H2,2H3. The van der Waals surface area contributed by atoms with E-state index in [9.17, 15) is 0 Å². The second-order valence-electron chi connectivity index (χ2n) is 6.14. The first kappa shape index (κ1) is 13.1. The zero-order valence-electron chi connectivity index (χ0n) is 11.5. The van der Waals surface area contributed by atoms with Gasteiger partial charge in [-0.2, -0.15) is 0 Å². The van der Waals surface area contributed by atoms with Crippen molar-refractivity contribution in [3.8, 4) is 0 Å². The van der Waals surface area contributed by atoms with Gasteiger partial charge >= 0.3 is 0 Å². The minimum absolute atomic E-state index is 0.476. The summed E-state index contributed by atoms with van der Waals surface area (Å²) >= 11 is 0. The molecule has 0 heterocycles. The van der Waals surface area contributed by atoms with E-state index in [1.807, 2.05) is 6.08 Å². The molecule has 0 aromatic carbocycles. The molecule has 0 spiro atoms. The van der Waals surface area contributed by atoms with Gasteiger partial charge in [-0.15, -0.1) is 6.58 Å². The van der Waals surface area contributed by atoms with E-state index in [0.717, 1.165) is 17.9 Å². The van der Waals surface area contributed by atoms with Crippen molar-refractivity contribution >= 4 is 0 Å². The minimum Gasteiger partial charge on any atom is -0.308 e. The molecule has 2 saturated carbocycles. The predicted octanol–water partition coefficient (Wildman–Crippen LogP) is 4.29. The van der Waals surface area contributed by atoms with Gasteiger partial charge in [0.05, 0.1) is 0 Å². The molecule has 2 aliphatic rings. The summed E-state index contributed by atoms with van der Waals surface area (Å²) in [6.45, 7) is 6.14. The van der Waals surface area contributed by atoms with Crippen LogP contribution in [0.25, 0.3) is 0 Å². The van der Waals surface area contributed by atoms with Crippen molar-refractivity contribution in [1.82, 2.24) is 5.32 Å². The monoisotopic (exact) mass is 235 g/mol. The quantitative estimate of drug-likeness (QED) is 0.717. The summed E-state index contributed by atoms with van der Waals surface area (Å²) in [5.74, 6) is 1.96. The van der Waals surface area contributed by atoms with Crippen molar-refractivity contribution in [3.05, 3.63) is 12.7 Å². The van der Waals surface area contributed by atoms with Crippen molar-refractivity contribution in [2.75, 3.05) is 0 Å². The molecule has 1 heteroatoms. The average molecular weight is 235 g/mol. The third-order valence-electron chi connectivity index (χ3n) is 4.91. The first-order valence-electron chi connectivity index (χ1n) is 7.70. The number of hydrogen-bond acceptors (Lipinski definition) is 1. The third kappa shape index (κ3) is 3.58. The lowest BCUT2D eigenvalue weighted by Gasteiger charge is -2.40. The van der Waals surface area contributed by atoms with Gasteiger partial charge in [0.25, 0.3) is 0 Å². The van der Waals surface area contributed by atoms with Gasteiger partial charge in [0.1, 0.15) is 0 Å². The van der Waals surface area contributed by atoms with Gasteiger partial charge in [-0.25, -0.2) is 0 Å². The van der Waals surface area contributed by atoms with Crippen LogP contribution in [0.15, 0.2) is 12.7 Å². The van der Waals surface area contributed by atoms with Gasteiger partial charge in [0, 0.05) is 12.1 Å². The predicted molar refractivity (Wildman–Crippen MR) is 75.1 cm³/mol. The first-order valence-corrected chi connectivity index (χ1v) is 7.70. The van der Waals surface area contributed by atoms with Gasteiger partial charge in [-0.05, 0) is 31.6 Å². The fourth-order valence-corrected chi connectivity index (χ4v) is 3.90. The Morgan fingerprint density at radius 1 is 1.00 bits per heavy atom. The minimum atomic E-state index is 0.476. The Kier molecular flexibility index (Phi) is 5.09. The maximum atomic E-state index is 3.90. The van der Waals surface area contributed by atoms with E-state index >= 15 is 0 Å². The molecule has 2 fully saturated rings. The van der Waals surface area contributed by atoms with Crippen LogP contribution in [0, 0.1) is 11.8 Å². The van der Waals surface area contributed by atoms with Crippen LogP contribution in [0.5, 0.6) is 0 Å². The van der Waals surface area contributed by atoms with Crippen LogP contribution in [-0.2, 0) is 0 Å². The molecule has 1 nitrogen and oxygen atoms in total. The van der Waals surface area contributed by atoms with E-state index in [-0.39, 0.29) is 0 Å². The molecule has 0 bridgehead atoms. The summed E-state index contributed by atoms with van der Waals surface area (Å²) in [6.07, 6.45) is 15.2. The van der Waals surface area contributed by atoms with Crippen LogP contribution in [0.1, 0.15) is 64.7 Å². The van der Waals surface area contributed by atoms with E-state index in [1.165, 1.54) is 57.8 Å². The molecule has 0 aliphatic heterocycles. The summed E-state index contributed by atoms with van der Waals surface area (Å²) in [5, 5.41) is 3.80. The van der Waals surface area contributed by atoms with Crippen molar-refractivity contribution in [3.63, 3.8) is 0 Å². The Bertz CT molecular complexity index is 230. The fourth-order valence-electron chi connectivity index (χ4n) is 3.90. The Morgan fingerprint density at radius 2 is 1.65 bits per heavy atom. The molecule has 17 heavy (non-hydrogen) atoms. The van der Waals surface area contributed by atoms with Crippen molar-refractivity contribution < 1.29 is 0 Å². The summed E-state index contributed by atoms with van der Waals surface area (Å²) in [5.41, 5.74) is 0. The molecule has 2 aliphatic carbocycles. The Balaban J connectivity index is 1.93. The molecule has 0 aromatic heterocycles. The Hall–Kier alpha value is -0.300. The van der Waals surface area contributed by atoms with E-state index in [4.69, 9.17) is 0 Å². The lowest BCUT2D eigenvalue weighted by molar-refractivity contribution is 0.147. The van der Waals surface area contributed by atoms with Crippen LogP contribution < -0.4 is 5.32 Å². The summed E-state index contributed by atoms with van der Waals surface area (Å²) in [7, 11) is 0. The van der Waals surface area contributed by atoms with Crippen LogP contribution in [0.2, 0.25) is 0 Å². The fraction of sp³-hybridized carbons (Fsp3) is 0.875. The van der Waals surface area contributed by atoms with Crippen molar-refractivity contribution in [2.24, 2.45) is 11.8 Å². The zero-order chi connectivity index (χ0) is 12.1. The molecule has 0 radical (unpaired) electrons. The second kappa shape index (κ2) is 6.58. The average Bonchev–Trinajstić information content (AvgIpc) is 2.40. The molecule has 1 N–H and O–H groups in total. The smallest absolute Gasteiger partial charge is 0.0221 e. The molecule has 2 rings (SSSR count). The van der Waals surface area contributed by atoms with Gasteiger partial charge in [0.2, 0.25) is 0 Å². The van der Waals surface area contributed by atoms with E-state index in [2.05, 4.69) is 18.8 Å². The Labute approximate surface area is 107 Å². The SMILES string of the molecule is C=CC(C)NC1CCCCC1C1CCCCC1. The van der Waals surface area contributed by atoms with Crippen LogP contribution >= 0.6 is 0 Å². The normalized spacial score (nSPS) is 33.2. The van der Waals surface area contributed by atoms with Gasteiger partial charge < -0.3 is 5.32 Å². The topological polar surface area (TPSA) is 12.0 Å². The number of rotatable bonds is 4. The highest BCUT2D eigenvalue weighted by atomic mass is 14.9. The van der Waals surface area contributed by atoms with Crippen molar-refractivity contribution in [1.29, 1.82) is 0 Å². The summed E-state index contributed by atoms with van der Waals surface area (Å²) < 4.78 is 0. The first-order chi connectivity index (χ1) is 8.31. The lowest BCUT2D eigenvalue weighted by Crippen LogP contribution is -2.45. The van der Waals surface area contributed by atoms with Crippen LogP contribution in [-0.4, -0.2) is 12.1 Å². The molecular formula is C16H29N. The highest BCUT2D eigenvalue weighted by molar-refractivity contribution is 4.91. The van der Waals surface area contributed by atoms with Gasteiger partial charge in [0.15, 0.2) is 0 Å². The molecule has 0 amide bonds. The van der Waals surface area contributed by atoms with E-state index in [1.54, 1.807) is 0 Å². The zero-order valence-corrected chi connectivity index (χ0v) is 11.5. The molecule has 0 saturated heterocycles. The third-order valence-corrected chi connectivity index (χ3v) is 4.91. The van der Waals surface area contributed by atoms with Gasteiger partial charge in [-0.3, -0.25) is 0 Å². The number of hydrogen-bond donors (Lipinski definition) is 1. The maximum Gasteiger partial charge on any atom is 0.0221 e. The molecule has 0 aromatic rings. The summed E-state index contributed by atoms with van der Waals surface area (Å²) in [4.78, 5) is 0. The highest BCUT2D eigenvalue weighted by Crippen LogP contribution is 2.38. The van der Waals surface area contributed by atoms with E-state index in [0.29, 0.717) is 6.04 Å². The summed E-state index contributed by atoms with van der Waals surface area (Å²) in [6, 6.07) is 1.24. The van der Waals surface area contributed by atoms with Gasteiger partial charge in [-0.1, -0.05) is 51.0 Å². The largest absolute Gasteiger partial charge is 0.308 e. The molecule has 3 atom stereocenters. The highest BCUT2D eigenvalue weighted by Gasteiger charge is 2.32. The molecular weight excluding hydrogens is 206 g/mol. The van der Waals surface area contributed by atoms with Crippen LogP contribution in [0.4, 0.5) is 0 Å². The maximum absolute atomic E-state index is 3.90. The van der Waals surface area contributed by atoms with Crippen molar-refractivity contribution in [2.45, 2.75) is 76.8 Å². The Morgan fingerprint density at radius 3 is 2.35 bits per heavy atom. The van der Waals surface area contributed by atoms with Crippen LogP contribution in [0.3, 0.4) is 0 Å². The number of nitrogens with one attached hydrogen (secondary N) is 1. The molecule has 3 unspecified atom stereocenters. The van der Waals surface area contributed by atoms with E-state index < -0.39 is 0 Å². The lowest BCUT2D eigenvalue weighted by atomic mass is 9.71. The molecule has 98 valence electrons.